The van der Waals surface area contributed by atoms with Crippen molar-refractivity contribution in [3.8, 4) is 17.1 Å². The van der Waals surface area contributed by atoms with E-state index in [-0.39, 0.29) is 31.0 Å². The first-order valence-electron chi connectivity index (χ1n) is 10.9. The highest BCUT2D eigenvalue weighted by atomic mass is 35.5. The summed E-state index contributed by atoms with van der Waals surface area (Å²) < 4.78 is 12.5. The van der Waals surface area contributed by atoms with E-state index in [0.717, 1.165) is 34.2 Å². The largest absolute Gasteiger partial charge is 0.492 e. The fourth-order valence-corrected chi connectivity index (χ4v) is 4.81. The number of rotatable bonds is 5. The maximum Gasteiger partial charge on any atom is 0.343 e. The van der Waals surface area contributed by atoms with Crippen LogP contribution < -0.4 is 16.0 Å². The van der Waals surface area contributed by atoms with Crippen LogP contribution in [0.4, 0.5) is 0 Å². The van der Waals surface area contributed by atoms with E-state index in [2.05, 4.69) is 6.92 Å². The van der Waals surface area contributed by atoms with Gasteiger partial charge in [0, 0.05) is 23.1 Å². The van der Waals surface area contributed by atoms with E-state index in [9.17, 15) is 14.7 Å². The molecule has 2 aromatic heterocycles. The molecule has 1 aromatic carbocycles. The number of hydrogen-bond acceptors (Lipinski definition) is 7. The molecule has 0 saturated carbocycles. The molecule has 3 N–H and O–H groups in total. The predicted octanol–water partition coefficient (Wildman–Crippen LogP) is 2.40. The van der Waals surface area contributed by atoms with Gasteiger partial charge in [-0.05, 0) is 42.7 Å². The molecule has 1 atom stereocenters. The van der Waals surface area contributed by atoms with Crippen molar-refractivity contribution < 1.29 is 19.4 Å². The van der Waals surface area contributed by atoms with E-state index in [4.69, 9.17) is 20.2 Å². The number of nitrogens with zero attached hydrogens (tertiary/aromatic N) is 2. The van der Waals surface area contributed by atoms with Crippen LogP contribution >= 0.6 is 12.4 Å². The van der Waals surface area contributed by atoms with Crippen LogP contribution in [-0.4, -0.2) is 33.8 Å². The van der Waals surface area contributed by atoms with Gasteiger partial charge in [-0.15, -0.1) is 12.4 Å². The number of halogens is 1. The molecule has 0 spiro atoms. The Labute approximate surface area is 196 Å². The molecule has 33 heavy (non-hydrogen) atoms. The monoisotopic (exact) mass is 471 g/mol. The minimum Gasteiger partial charge on any atom is -0.492 e. The lowest BCUT2D eigenvalue weighted by atomic mass is 9.86. The summed E-state index contributed by atoms with van der Waals surface area (Å²) in [6.07, 6.45) is 0.871. The number of ether oxygens (including phenoxy) is 2. The first-order chi connectivity index (χ1) is 15.4. The number of carbonyl (C=O) groups excluding carboxylic acids is 1. The maximum absolute atomic E-state index is 13.4. The molecule has 0 radical (unpaired) electrons. The van der Waals surface area contributed by atoms with Gasteiger partial charge < -0.3 is 24.9 Å². The summed E-state index contributed by atoms with van der Waals surface area (Å²) in [5.74, 6) is 0.00649. The summed E-state index contributed by atoms with van der Waals surface area (Å²) in [5.41, 5.74) is 8.31. The lowest BCUT2D eigenvalue weighted by Crippen LogP contribution is -2.44. The van der Waals surface area contributed by atoms with Crippen molar-refractivity contribution in [1.29, 1.82) is 0 Å². The topological polar surface area (TPSA) is 117 Å². The average Bonchev–Trinajstić information content (AvgIpc) is 3.17. The van der Waals surface area contributed by atoms with Crippen molar-refractivity contribution in [3.05, 3.63) is 56.9 Å². The zero-order valence-corrected chi connectivity index (χ0v) is 19.3. The minimum absolute atomic E-state index is 0. The molecule has 5 rings (SSSR count). The maximum atomic E-state index is 13.4. The highest BCUT2D eigenvalue weighted by Crippen LogP contribution is 2.40. The summed E-state index contributed by atoms with van der Waals surface area (Å²) in [7, 11) is 0. The van der Waals surface area contributed by atoms with E-state index in [1.165, 1.54) is 0 Å². The van der Waals surface area contributed by atoms with Crippen LogP contribution in [0.2, 0.25) is 0 Å². The van der Waals surface area contributed by atoms with Gasteiger partial charge in [0.1, 0.15) is 19.0 Å². The molecule has 174 valence electrons. The Hall–Kier alpha value is -2.94. The second-order valence-corrected chi connectivity index (χ2v) is 8.19. The molecule has 2 aliphatic rings. The van der Waals surface area contributed by atoms with E-state index >= 15 is 0 Å². The van der Waals surface area contributed by atoms with Gasteiger partial charge in [-0.1, -0.05) is 13.8 Å². The summed E-state index contributed by atoms with van der Waals surface area (Å²) in [5, 5.41) is 12.0. The standard InChI is InChI=1S/C24H25N3O5.ClH/c1-3-14-15-9-13(31-8-7-25)5-6-19(15)26-21-16(14)11-27-20(21)10-18-17(22(27)28)12-32-23(29)24(18,30)4-2;/h5-6,9-10,30H,3-4,7-8,11-12,25H2,1-2H3;1H/t24-;/m0./s1. The van der Waals surface area contributed by atoms with Crippen LogP contribution in [-0.2, 0) is 34.7 Å². The number of aromatic nitrogens is 2. The van der Waals surface area contributed by atoms with Crippen LogP contribution in [0.3, 0.4) is 0 Å². The predicted molar refractivity (Wildman–Crippen MR) is 126 cm³/mol. The summed E-state index contributed by atoms with van der Waals surface area (Å²) in [6.45, 7) is 4.88. The zero-order chi connectivity index (χ0) is 22.6. The number of benzene rings is 1. The molecular formula is C24H26ClN3O5. The molecule has 8 nitrogen and oxygen atoms in total. The molecule has 4 heterocycles. The number of aliphatic hydroxyl groups is 1. The Morgan fingerprint density at radius 2 is 2.03 bits per heavy atom. The van der Waals surface area contributed by atoms with Crippen molar-refractivity contribution >= 4 is 29.3 Å². The molecular weight excluding hydrogens is 446 g/mol. The highest BCUT2D eigenvalue weighted by molar-refractivity contribution is 5.90. The van der Waals surface area contributed by atoms with Gasteiger partial charge in [-0.2, -0.15) is 0 Å². The van der Waals surface area contributed by atoms with E-state index in [1.807, 2.05) is 18.2 Å². The Morgan fingerprint density at radius 1 is 1.24 bits per heavy atom. The van der Waals surface area contributed by atoms with E-state index in [1.54, 1.807) is 17.6 Å². The third-order valence-corrected chi connectivity index (χ3v) is 6.52. The zero-order valence-electron chi connectivity index (χ0n) is 18.5. The Kier molecular flexibility index (Phi) is 5.94. The number of cyclic esters (lactones) is 1. The Bertz CT molecular complexity index is 1340. The molecule has 0 bridgehead atoms. The minimum atomic E-state index is -1.83. The molecule has 9 heteroatoms. The van der Waals surface area contributed by atoms with Crippen LogP contribution in [0.15, 0.2) is 29.1 Å². The van der Waals surface area contributed by atoms with Crippen molar-refractivity contribution in [2.45, 2.75) is 45.4 Å². The van der Waals surface area contributed by atoms with Crippen LogP contribution in [0.1, 0.15) is 42.5 Å². The number of hydrogen-bond donors (Lipinski definition) is 2. The number of pyridine rings is 2. The second-order valence-electron chi connectivity index (χ2n) is 8.19. The van der Waals surface area contributed by atoms with E-state index < -0.39 is 11.6 Å². The van der Waals surface area contributed by atoms with Gasteiger partial charge in [0.15, 0.2) is 5.60 Å². The first-order valence-corrected chi connectivity index (χ1v) is 10.9. The number of nitrogens with two attached hydrogens (primary N) is 1. The second kappa shape index (κ2) is 8.44. The van der Waals surface area contributed by atoms with Gasteiger partial charge >= 0.3 is 5.97 Å². The molecule has 2 aliphatic heterocycles. The molecule has 0 saturated heterocycles. The van der Waals surface area contributed by atoms with Crippen molar-refractivity contribution in [3.63, 3.8) is 0 Å². The van der Waals surface area contributed by atoms with Crippen molar-refractivity contribution in [2.24, 2.45) is 5.73 Å². The lowest BCUT2D eigenvalue weighted by molar-refractivity contribution is -0.172. The summed E-state index contributed by atoms with van der Waals surface area (Å²) in [6, 6.07) is 7.47. The van der Waals surface area contributed by atoms with E-state index in [0.29, 0.717) is 42.2 Å². The summed E-state index contributed by atoms with van der Waals surface area (Å²) in [4.78, 5) is 30.6. The highest BCUT2D eigenvalue weighted by Gasteiger charge is 2.45. The molecule has 0 unspecified atom stereocenters. The average molecular weight is 472 g/mol. The molecule has 3 aromatic rings. The third-order valence-electron chi connectivity index (χ3n) is 6.52. The fraction of sp³-hybridized carbons (Fsp3) is 0.375. The normalized spacial score (nSPS) is 18.2. The quantitative estimate of drug-likeness (QED) is 0.429. The molecule has 0 aliphatic carbocycles. The van der Waals surface area contributed by atoms with Gasteiger partial charge in [0.25, 0.3) is 5.56 Å². The SMILES string of the molecule is CCc1c2c(nc3ccc(OCCN)cc13)-c1cc3c(c(=O)n1C2)COC(=O)[C@]3(O)CC.Cl. The number of esters is 1. The van der Waals surface area contributed by atoms with Gasteiger partial charge in [0.2, 0.25) is 0 Å². The van der Waals surface area contributed by atoms with Crippen LogP contribution in [0, 0.1) is 0 Å². The van der Waals surface area contributed by atoms with Crippen LogP contribution in [0.5, 0.6) is 5.75 Å². The number of aryl methyl sites for hydroxylation is 1. The lowest BCUT2D eigenvalue weighted by Gasteiger charge is -2.31. The molecule has 0 amide bonds. The number of fused-ring (bicyclic) bond motifs is 5. The van der Waals surface area contributed by atoms with Gasteiger partial charge in [0.05, 0.1) is 29.0 Å². The number of carbonyl (C=O) groups is 1. The fourth-order valence-electron chi connectivity index (χ4n) is 4.81. The third kappa shape index (κ3) is 3.32. The smallest absolute Gasteiger partial charge is 0.343 e. The first kappa shape index (κ1) is 23.2. The van der Waals surface area contributed by atoms with Crippen molar-refractivity contribution in [2.75, 3.05) is 13.2 Å². The van der Waals surface area contributed by atoms with Gasteiger partial charge in [-0.25, -0.2) is 9.78 Å². The molecule has 0 fully saturated rings. The Morgan fingerprint density at radius 3 is 2.73 bits per heavy atom. The van der Waals surface area contributed by atoms with Crippen molar-refractivity contribution in [1.82, 2.24) is 9.55 Å². The Balaban J connectivity index is 0.00000259. The van der Waals surface area contributed by atoms with Crippen LogP contribution in [0.25, 0.3) is 22.3 Å². The van der Waals surface area contributed by atoms with Gasteiger partial charge in [-0.3, -0.25) is 4.79 Å². The summed E-state index contributed by atoms with van der Waals surface area (Å²) >= 11 is 0.